The third-order valence-corrected chi connectivity index (χ3v) is 10.1. The molecule has 0 radical (unpaired) electrons. The molecule has 2 atom stereocenters. The van der Waals surface area contributed by atoms with Crippen LogP contribution in [0, 0.1) is 17.3 Å². The van der Waals surface area contributed by atoms with Gasteiger partial charge in [-0.05, 0) is 50.7 Å². The Morgan fingerprint density at radius 1 is 1.09 bits per heavy atom. The van der Waals surface area contributed by atoms with E-state index in [0.29, 0.717) is 46.6 Å². The monoisotopic (exact) mass is 480 g/mol. The summed E-state index contributed by atoms with van der Waals surface area (Å²) in [6.45, 7) is 5.88. The van der Waals surface area contributed by atoms with Crippen molar-refractivity contribution in [2.75, 3.05) is 24.6 Å². The standard InChI is InChI=1S/C23H27F3N4O2S/c1-13(2)30-20(6-19(28-30)14-3-15(8-27-7-14)23(24,25)26)21-17-4-16(5-18(17)21)29-9-22(10-29)11-33(31,32)12-22/h3,6-8,13,16-18,21H,4-5,9-12H2,1-2H3. The molecule has 10 heteroatoms. The van der Waals surface area contributed by atoms with Crippen molar-refractivity contribution in [1.82, 2.24) is 19.7 Å². The number of pyridine rings is 1. The van der Waals surface area contributed by atoms with Gasteiger partial charge in [0.15, 0.2) is 9.84 Å². The summed E-state index contributed by atoms with van der Waals surface area (Å²) < 4.78 is 64.5. The maximum atomic E-state index is 13.1. The van der Waals surface area contributed by atoms with Gasteiger partial charge in [-0.3, -0.25) is 14.6 Å². The van der Waals surface area contributed by atoms with Gasteiger partial charge in [0.25, 0.3) is 0 Å². The second kappa shape index (κ2) is 6.81. The number of alkyl halides is 3. The minimum Gasteiger partial charge on any atom is -0.299 e. The Labute approximate surface area is 191 Å². The quantitative estimate of drug-likeness (QED) is 0.667. The predicted molar refractivity (Wildman–Crippen MR) is 116 cm³/mol. The molecule has 4 aliphatic rings. The summed E-state index contributed by atoms with van der Waals surface area (Å²) >= 11 is 0. The first-order valence-corrected chi connectivity index (χ1v) is 13.3. The van der Waals surface area contributed by atoms with Crippen LogP contribution in [0.1, 0.15) is 49.9 Å². The van der Waals surface area contributed by atoms with E-state index in [-0.39, 0.29) is 11.5 Å². The number of likely N-dealkylation sites (tertiary alicyclic amines) is 1. The number of sulfone groups is 1. The lowest BCUT2D eigenvalue weighted by Crippen LogP contribution is -2.69. The van der Waals surface area contributed by atoms with E-state index in [2.05, 4.69) is 15.0 Å². The number of fused-ring (bicyclic) bond motifs is 1. The summed E-state index contributed by atoms with van der Waals surface area (Å²) in [6, 6.07) is 3.70. The number of aromatic nitrogens is 3. The van der Waals surface area contributed by atoms with Crippen molar-refractivity contribution in [3.05, 3.63) is 35.8 Å². The van der Waals surface area contributed by atoms with Crippen LogP contribution in [0.5, 0.6) is 0 Å². The SMILES string of the molecule is CC(C)n1nc(-c2cncc(C(F)(F)F)c2)cc1C1C2CC(N3CC4(C3)CS(=O)(=O)C4)CC21. The second-order valence-electron chi connectivity index (χ2n) is 10.9. The Hall–Kier alpha value is -1.94. The molecule has 178 valence electrons. The Morgan fingerprint density at radius 2 is 1.76 bits per heavy atom. The highest BCUT2D eigenvalue weighted by atomic mass is 32.2. The van der Waals surface area contributed by atoms with Crippen molar-refractivity contribution < 1.29 is 21.6 Å². The average Bonchev–Trinajstić information content (AvgIpc) is 3.05. The van der Waals surface area contributed by atoms with E-state index < -0.39 is 21.6 Å². The highest BCUT2D eigenvalue weighted by Crippen LogP contribution is 2.65. The lowest BCUT2D eigenvalue weighted by atomic mass is 9.81. The first-order chi connectivity index (χ1) is 15.4. The van der Waals surface area contributed by atoms with Crippen molar-refractivity contribution in [3.8, 4) is 11.3 Å². The van der Waals surface area contributed by atoms with Gasteiger partial charge >= 0.3 is 6.18 Å². The van der Waals surface area contributed by atoms with Crippen LogP contribution in [0.2, 0.25) is 0 Å². The Kier molecular flexibility index (Phi) is 4.45. The number of hydrogen-bond acceptors (Lipinski definition) is 5. The number of hydrogen-bond donors (Lipinski definition) is 0. The van der Waals surface area contributed by atoms with E-state index in [1.807, 2.05) is 24.6 Å². The molecule has 0 bridgehead atoms. The van der Waals surface area contributed by atoms with Gasteiger partial charge in [0, 0.05) is 60.2 Å². The minimum atomic E-state index is -4.44. The van der Waals surface area contributed by atoms with Gasteiger partial charge in [-0.25, -0.2) is 8.42 Å². The molecule has 2 saturated heterocycles. The highest BCUT2D eigenvalue weighted by Gasteiger charge is 2.63. The Morgan fingerprint density at radius 3 is 2.33 bits per heavy atom. The molecule has 33 heavy (non-hydrogen) atoms. The van der Waals surface area contributed by atoms with Crippen LogP contribution in [0.4, 0.5) is 13.2 Å². The van der Waals surface area contributed by atoms with Crippen molar-refractivity contribution in [1.29, 1.82) is 0 Å². The van der Waals surface area contributed by atoms with Crippen LogP contribution in [-0.4, -0.2) is 58.7 Å². The zero-order valence-electron chi connectivity index (χ0n) is 18.6. The Bertz CT molecular complexity index is 1190. The third-order valence-electron chi connectivity index (χ3n) is 8.02. The zero-order chi connectivity index (χ0) is 23.3. The molecule has 2 aliphatic carbocycles. The molecule has 0 N–H and O–H groups in total. The molecule has 6 rings (SSSR count). The fourth-order valence-electron chi connectivity index (χ4n) is 6.64. The number of rotatable bonds is 4. The van der Waals surface area contributed by atoms with Gasteiger partial charge in [-0.2, -0.15) is 18.3 Å². The van der Waals surface area contributed by atoms with Crippen LogP contribution in [0.3, 0.4) is 0 Å². The van der Waals surface area contributed by atoms with Gasteiger partial charge in [0.1, 0.15) is 0 Å². The number of halogens is 3. The molecule has 0 amide bonds. The van der Waals surface area contributed by atoms with Gasteiger partial charge in [-0.15, -0.1) is 0 Å². The smallest absolute Gasteiger partial charge is 0.299 e. The first-order valence-electron chi connectivity index (χ1n) is 11.5. The maximum Gasteiger partial charge on any atom is 0.417 e. The van der Waals surface area contributed by atoms with Crippen LogP contribution >= 0.6 is 0 Å². The molecule has 2 aliphatic heterocycles. The summed E-state index contributed by atoms with van der Waals surface area (Å²) in [6.07, 6.45) is 0.0439. The minimum absolute atomic E-state index is 0.0230. The van der Waals surface area contributed by atoms with E-state index in [9.17, 15) is 21.6 Å². The van der Waals surface area contributed by atoms with Crippen molar-refractivity contribution in [2.24, 2.45) is 17.3 Å². The average molecular weight is 481 g/mol. The van der Waals surface area contributed by atoms with Gasteiger partial charge in [0.2, 0.25) is 0 Å². The van der Waals surface area contributed by atoms with E-state index in [1.54, 1.807) is 0 Å². The van der Waals surface area contributed by atoms with Crippen molar-refractivity contribution in [2.45, 2.75) is 50.9 Å². The van der Waals surface area contributed by atoms with Crippen LogP contribution in [0.15, 0.2) is 24.5 Å². The summed E-state index contributed by atoms with van der Waals surface area (Å²) in [5.41, 5.74) is 1.29. The van der Waals surface area contributed by atoms with E-state index >= 15 is 0 Å². The molecule has 4 fully saturated rings. The molecule has 2 saturated carbocycles. The van der Waals surface area contributed by atoms with E-state index in [4.69, 9.17) is 0 Å². The van der Waals surface area contributed by atoms with Crippen molar-refractivity contribution in [3.63, 3.8) is 0 Å². The fraction of sp³-hybridized carbons (Fsp3) is 0.652. The molecule has 6 nitrogen and oxygen atoms in total. The van der Waals surface area contributed by atoms with Crippen LogP contribution in [-0.2, 0) is 16.0 Å². The second-order valence-corrected chi connectivity index (χ2v) is 12.9. The molecule has 2 aromatic heterocycles. The van der Waals surface area contributed by atoms with Crippen LogP contribution in [0.25, 0.3) is 11.3 Å². The van der Waals surface area contributed by atoms with Gasteiger partial charge in [0.05, 0.1) is 22.8 Å². The topological polar surface area (TPSA) is 68.1 Å². The summed E-state index contributed by atoms with van der Waals surface area (Å²) in [7, 11) is -2.79. The largest absolute Gasteiger partial charge is 0.417 e. The first kappa shape index (κ1) is 21.6. The van der Waals surface area contributed by atoms with Crippen molar-refractivity contribution >= 4 is 9.84 Å². The lowest BCUT2D eigenvalue weighted by Gasteiger charge is -2.57. The number of nitrogens with zero attached hydrogens (tertiary/aromatic N) is 4. The fourth-order valence-corrected chi connectivity index (χ4v) is 8.79. The van der Waals surface area contributed by atoms with Gasteiger partial charge < -0.3 is 0 Å². The summed E-state index contributed by atoms with van der Waals surface area (Å²) in [5, 5.41) is 4.67. The molecular formula is C23H27F3N4O2S. The molecule has 0 aromatic carbocycles. The lowest BCUT2D eigenvalue weighted by molar-refractivity contribution is -0.137. The third kappa shape index (κ3) is 3.51. The predicted octanol–water partition coefficient (Wildman–Crippen LogP) is 3.77. The molecular weight excluding hydrogens is 453 g/mol. The summed E-state index contributed by atoms with van der Waals surface area (Å²) in [4.78, 5) is 6.25. The summed E-state index contributed by atoms with van der Waals surface area (Å²) in [5.74, 6) is 2.22. The maximum absolute atomic E-state index is 13.1. The highest BCUT2D eigenvalue weighted by molar-refractivity contribution is 7.92. The van der Waals surface area contributed by atoms with E-state index in [0.717, 1.165) is 43.9 Å². The molecule has 4 heterocycles. The Balaban J connectivity index is 1.17. The molecule has 2 unspecified atom stereocenters. The van der Waals surface area contributed by atoms with Gasteiger partial charge in [-0.1, -0.05) is 0 Å². The normalized spacial score (nSPS) is 31.9. The zero-order valence-corrected chi connectivity index (χ0v) is 19.4. The molecule has 2 aromatic rings. The van der Waals surface area contributed by atoms with E-state index in [1.165, 1.54) is 6.20 Å². The van der Waals surface area contributed by atoms with Crippen LogP contribution < -0.4 is 0 Å². The molecule has 1 spiro atoms.